The quantitative estimate of drug-likeness (QED) is 0.148. The van der Waals surface area contributed by atoms with Crippen molar-refractivity contribution in [3.63, 3.8) is 0 Å². The summed E-state index contributed by atoms with van der Waals surface area (Å²) in [7, 11) is 0. The second-order valence-electron chi connectivity index (χ2n) is 13.0. The Balaban J connectivity index is 1.37. The minimum Gasteiger partial charge on any atom is -0.0620 e. The molecule has 0 aliphatic heterocycles. The lowest BCUT2D eigenvalue weighted by atomic mass is 9.79. The molecule has 0 radical (unpaired) electrons. The molecule has 0 saturated heterocycles. The highest BCUT2D eigenvalue weighted by Crippen LogP contribution is 2.54. The molecule has 1 aliphatic rings. The normalized spacial score (nSPS) is 14.1. The fourth-order valence-electron chi connectivity index (χ4n) is 7.73. The summed E-state index contributed by atoms with van der Waals surface area (Å²) in [6.07, 6.45) is 0. The van der Waals surface area contributed by atoms with E-state index in [1.807, 2.05) is 0 Å². The maximum absolute atomic E-state index is 2.51. The number of hydrogen-bond acceptors (Lipinski definition) is 0. The fourth-order valence-corrected chi connectivity index (χ4v) is 7.73. The van der Waals surface area contributed by atoms with Crippen LogP contribution in [0, 0.1) is 6.92 Å². The lowest BCUT2D eigenvalue weighted by Crippen LogP contribution is -2.15. The van der Waals surface area contributed by atoms with Gasteiger partial charge in [0.25, 0.3) is 0 Å². The highest BCUT2D eigenvalue weighted by Gasteiger charge is 2.37. The third-order valence-corrected chi connectivity index (χ3v) is 10.3. The predicted octanol–water partition coefficient (Wildman–Crippen LogP) is 12.4. The van der Waals surface area contributed by atoms with E-state index >= 15 is 0 Å². The van der Waals surface area contributed by atoms with E-state index in [2.05, 4.69) is 162 Å². The minimum atomic E-state index is -0.136. The average Bonchev–Trinajstić information content (AvgIpc) is 3.29. The zero-order valence-corrected chi connectivity index (χ0v) is 26.1. The van der Waals surface area contributed by atoms with Crippen molar-refractivity contribution in [3.05, 3.63) is 155 Å². The van der Waals surface area contributed by atoms with Crippen LogP contribution in [-0.4, -0.2) is 0 Å². The Hall–Kier alpha value is -4.94. The molecular weight excluding hydrogens is 528 g/mol. The van der Waals surface area contributed by atoms with Crippen molar-refractivity contribution in [3.8, 4) is 22.3 Å². The number of allylic oxidation sites excluding steroid dienone is 2. The van der Waals surface area contributed by atoms with E-state index in [0.717, 1.165) is 0 Å². The zero-order chi connectivity index (χ0) is 30.2. The molecule has 44 heavy (non-hydrogen) atoms. The highest BCUT2D eigenvalue weighted by atomic mass is 14.4. The van der Waals surface area contributed by atoms with Gasteiger partial charge in [-0.2, -0.15) is 0 Å². The van der Waals surface area contributed by atoms with Crippen LogP contribution in [0.2, 0.25) is 0 Å². The van der Waals surface area contributed by atoms with Crippen LogP contribution in [-0.2, 0) is 5.41 Å². The van der Waals surface area contributed by atoms with Crippen molar-refractivity contribution in [2.75, 3.05) is 0 Å². The van der Waals surface area contributed by atoms with E-state index in [1.165, 1.54) is 93.5 Å². The van der Waals surface area contributed by atoms with E-state index < -0.39 is 0 Å². The molecule has 0 fully saturated rings. The van der Waals surface area contributed by atoms with Gasteiger partial charge in [0, 0.05) is 5.41 Å². The van der Waals surface area contributed by atoms with Gasteiger partial charge in [-0.05, 0) is 133 Å². The summed E-state index contributed by atoms with van der Waals surface area (Å²) in [5.74, 6) is 0. The van der Waals surface area contributed by atoms with Gasteiger partial charge in [-0.1, -0.05) is 123 Å². The molecule has 0 spiro atoms. The summed E-state index contributed by atoms with van der Waals surface area (Å²) in [6, 6.07) is 47.5. The summed E-state index contributed by atoms with van der Waals surface area (Å²) in [5, 5.41) is 7.85. The van der Waals surface area contributed by atoms with Gasteiger partial charge in [0.2, 0.25) is 0 Å². The molecular formula is C44H36. The van der Waals surface area contributed by atoms with Crippen molar-refractivity contribution in [1.29, 1.82) is 0 Å². The largest absolute Gasteiger partial charge is 0.0620 e. The van der Waals surface area contributed by atoms with Gasteiger partial charge in [-0.25, -0.2) is 0 Å². The topological polar surface area (TPSA) is 0 Å². The SMILES string of the molecule is C/C(=C(/C)c1ccccc1C)c1ccc2c(c1)C(C)(C)c1cc(-c3cc4ccccc4c4ccccc34)c3ccccc3c1-2. The first-order chi connectivity index (χ1) is 21.3. The van der Waals surface area contributed by atoms with Gasteiger partial charge in [0.15, 0.2) is 0 Å². The lowest BCUT2D eigenvalue weighted by molar-refractivity contribution is 0.661. The van der Waals surface area contributed by atoms with Crippen LogP contribution < -0.4 is 0 Å². The van der Waals surface area contributed by atoms with Crippen LogP contribution in [0.3, 0.4) is 0 Å². The molecule has 0 heterocycles. The molecule has 0 N–H and O–H groups in total. The Morgan fingerprint density at radius 3 is 1.82 bits per heavy atom. The van der Waals surface area contributed by atoms with E-state index in [4.69, 9.17) is 0 Å². The first-order valence-corrected chi connectivity index (χ1v) is 15.7. The van der Waals surface area contributed by atoms with Crippen LogP contribution >= 0.6 is 0 Å². The molecule has 0 bridgehead atoms. The van der Waals surface area contributed by atoms with Crippen LogP contribution in [0.4, 0.5) is 0 Å². The molecule has 7 aromatic carbocycles. The number of rotatable bonds is 3. The smallest absolute Gasteiger partial charge is 0.0159 e. The average molecular weight is 565 g/mol. The molecule has 0 amide bonds. The second-order valence-corrected chi connectivity index (χ2v) is 13.0. The highest BCUT2D eigenvalue weighted by molar-refractivity contribution is 6.18. The Labute approximate surface area is 260 Å². The van der Waals surface area contributed by atoms with Gasteiger partial charge in [0.1, 0.15) is 0 Å². The second kappa shape index (κ2) is 9.79. The van der Waals surface area contributed by atoms with Gasteiger partial charge < -0.3 is 0 Å². The molecule has 0 atom stereocenters. The first-order valence-electron chi connectivity index (χ1n) is 15.7. The molecule has 7 aromatic rings. The van der Waals surface area contributed by atoms with Crippen LogP contribution in [0.25, 0.3) is 65.7 Å². The van der Waals surface area contributed by atoms with E-state index in [-0.39, 0.29) is 5.41 Å². The van der Waals surface area contributed by atoms with Gasteiger partial charge in [-0.3, -0.25) is 0 Å². The Bertz CT molecular complexity index is 2330. The Morgan fingerprint density at radius 2 is 1.07 bits per heavy atom. The molecule has 0 unspecified atom stereocenters. The standard InChI is InChI=1S/C44H36/c1-27-14-6-8-16-32(27)29(3)28(2)30-22-23-38-41(25-30)44(4,5)42-26-40(36-20-12-13-21-37(36)43(38)42)39-24-31-15-7-9-17-33(31)34-18-10-11-19-35(34)39/h6-26H,1-5H3/b29-28+. The fraction of sp³-hybridized carbons (Fsp3) is 0.136. The first kappa shape index (κ1) is 26.7. The lowest BCUT2D eigenvalue weighted by Gasteiger charge is -2.24. The monoisotopic (exact) mass is 564 g/mol. The van der Waals surface area contributed by atoms with Crippen LogP contribution in [0.15, 0.2) is 127 Å². The Kier molecular flexibility index (Phi) is 5.94. The number of benzene rings is 7. The van der Waals surface area contributed by atoms with Crippen molar-refractivity contribution >= 4 is 43.5 Å². The van der Waals surface area contributed by atoms with E-state index in [1.54, 1.807) is 0 Å². The van der Waals surface area contributed by atoms with Gasteiger partial charge >= 0.3 is 0 Å². The minimum absolute atomic E-state index is 0.136. The summed E-state index contributed by atoms with van der Waals surface area (Å²) in [4.78, 5) is 0. The van der Waals surface area contributed by atoms with Crippen LogP contribution in [0.5, 0.6) is 0 Å². The molecule has 0 saturated carbocycles. The number of aryl methyl sites for hydroxylation is 1. The maximum atomic E-state index is 2.51. The third-order valence-electron chi connectivity index (χ3n) is 10.3. The molecule has 0 nitrogen and oxygen atoms in total. The molecule has 1 aliphatic carbocycles. The van der Waals surface area contributed by atoms with Crippen molar-refractivity contribution in [2.45, 2.75) is 40.0 Å². The third kappa shape index (κ3) is 3.84. The van der Waals surface area contributed by atoms with E-state index in [9.17, 15) is 0 Å². The van der Waals surface area contributed by atoms with Crippen LogP contribution in [0.1, 0.15) is 55.5 Å². The summed E-state index contributed by atoms with van der Waals surface area (Å²) in [6.45, 7) is 11.6. The van der Waals surface area contributed by atoms with Crippen molar-refractivity contribution in [1.82, 2.24) is 0 Å². The predicted molar refractivity (Wildman–Crippen MR) is 191 cm³/mol. The summed E-state index contributed by atoms with van der Waals surface area (Å²) < 4.78 is 0. The molecule has 212 valence electrons. The number of fused-ring (bicyclic) bond motifs is 8. The molecule has 0 aromatic heterocycles. The maximum Gasteiger partial charge on any atom is 0.0159 e. The van der Waals surface area contributed by atoms with Gasteiger partial charge in [0.05, 0.1) is 0 Å². The molecule has 0 heteroatoms. The Morgan fingerprint density at radius 1 is 0.477 bits per heavy atom. The van der Waals surface area contributed by atoms with E-state index in [0.29, 0.717) is 0 Å². The van der Waals surface area contributed by atoms with Gasteiger partial charge in [-0.15, -0.1) is 0 Å². The summed E-state index contributed by atoms with van der Waals surface area (Å²) >= 11 is 0. The van der Waals surface area contributed by atoms with Crippen molar-refractivity contribution < 1.29 is 0 Å². The number of hydrogen-bond donors (Lipinski definition) is 0. The summed E-state index contributed by atoms with van der Waals surface area (Å²) in [5.41, 5.74) is 14.7. The zero-order valence-electron chi connectivity index (χ0n) is 26.1. The molecule has 8 rings (SSSR count). The van der Waals surface area contributed by atoms with Crippen molar-refractivity contribution in [2.24, 2.45) is 0 Å².